The SMILES string of the molecule is CCN(CC)c1ccc(Nc2cc(NCc3ccccc3)nc(C)n2)c(C)c1. The molecule has 0 radical (unpaired) electrons. The van der Waals surface area contributed by atoms with Gasteiger partial charge in [-0.15, -0.1) is 0 Å². The Morgan fingerprint density at radius 2 is 1.57 bits per heavy atom. The molecule has 1 heterocycles. The Balaban J connectivity index is 1.74. The summed E-state index contributed by atoms with van der Waals surface area (Å²) < 4.78 is 0. The van der Waals surface area contributed by atoms with E-state index in [2.05, 4.69) is 76.6 Å². The van der Waals surface area contributed by atoms with Gasteiger partial charge in [0.1, 0.15) is 17.5 Å². The third kappa shape index (κ3) is 5.00. The number of nitrogens with zero attached hydrogens (tertiary/aromatic N) is 3. The molecular formula is C23H29N5. The molecule has 1 aromatic heterocycles. The number of benzene rings is 2. The quantitative estimate of drug-likeness (QED) is 0.560. The van der Waals surface area contributed by atoms with Crippen molar-refractivity contribution < 1.29 is 0 Å². The van der Waals surface area contributed by atoms with E-state index in [1.54, 1.807) is 0 Å². The number of hydrogen-bond donors (Lipinski definition) is 2. The van der Waals surface area contributed by atoms with Crippen molar-refractivity contribution in [3.63, 3.8) is 0 Å². The summed E-state index contributed by atoms with van der Waals surface area (Å²) in [5.41, 5.74) is 4.72. The lowest BCUT2D eigenvalue weighted by Crippen LogP contribution is -2.21. The highest BCUT2D eigenvalue weighted by atomic mass is 15.1. The second-order valence-electron chi connectivity index (χ2n) is 6.82. The monoisotopic (exact) mass is 375 g/mol. The van der Waals surface area contributed by atoms with E-state index in [9.17, 15) is 0 Å². The van der Waals surface area contributed by atoms with E-state index in [4.69, 9.17) is 0 Å². The number of nitrogens with one attached hydrogen (secondary N) is 2. The van der Waals surface area contributed by atoms with Crippen LogP contribution in [-0.2, 0) is 6.54 Å². The fraction of sp³-hybridized carbons (Fsp3) is 0.304. The first kappa shape index (κ1) is 19.7. The Bertz CT molecular complexity index is 904. The van der Waals surface area contributed by atoms with Crippen LogP contribution in [-0.4, -0.2) is 23.1 Å². The largest absolute Gasteiger partial charge is 0.372 e. The first-order valence-electron chi connectivity index (χ1n) is 9.85. The molecule has 3 rings (SSSR count). The number of anilines is 4. The summed E-state index contributed by atoms with van der Waals surface area (Å²) in [6.07, 6.45) is 0. The number of aryl methyl sites for hydroxylation is 2. The molecule has 0 atom stereocenters. The predicted molar refractivity (Wildman–Crippen MR) is 119 cm³/mol. The summed E-state index contributed by atoms with van der Waals surface area (Å²) in [5.74, 6) is 2.34. The van der Waals surface area contributed by atoms with Crippen LogP contribution >= 0.6 is 0 Å². The third-order valence-electron chi connectivity index (χ3n) is 4.76. The zero-order valence-corrected chi connectivity index (χ0v) is 17.2. The van der Waals surface area contributed by atoms with Gasteiger partial charge < -0.3 is 15.5 Å². The third-order valence-corrected chi connectivity index (χ3v) is 4.76. The van der Waals surface area contributed by atoms with Crippen molar-refractivity contribution in [3.05, 3.63) is 71.5 Å². The van der Waals surface area contributed by atoms with Crippen molar-refractivity contribution >= 4 is 23.0 Å². The van der Waals surface area contributed by atoms with E-state index in [1.165, 1.54) is 16.8 Å². The van der Waals surface area contributed by atoms with Crippen molar-refractivity contribution in [1.29, 1.82) is 0 Å². The fourth-order valence-corrected chi connectivity index (χ4v) is 3.22. The first-order chi connectivity index (χ1) is 13.6. The summed E-state index contributed by atoms with van der Waals surface area (Å²) >= 11 is 0. The molecule has 0 aliphatic rings. The van der Waals surface area contributed by atoms with Gasteiger partial charge in [-0.25, -0.2) is 9.97 Å². The molecule has 0 spiro atoms. The molecule has 0 amide bonds. The van der Waals surface area contributed by atoms with Crippen molar-refractivity contribution in [3.8, 4) is 0 Å². The molecule has 2 aromatic carbocycles. The van der Waals surface area contributed by atoms with E-state index >= 15 is 0 Å². The Labute approximate surface area is 167 Å². The van der Waals surface area contributed by atoms with Gasteiger partial charge in [0.2, 0.25) is 0 Å². The predicted octanol–water partition coefficient (Wildman–Crippen LogP) is 5.30. The maximum atomic E-state index is 4.54. The molecule has 0 saturated heterocycles. The standard InChI is InChI=1S/C23H29N5/c1-5-28(6-2)20-12-13-21(17(3)14-20)27-23-15-22(25-18(4)26-23)24-16-19-10-8-7-9-11-19/h7-15H,5-6,16H2,1-4H3,(H2,24,25,26,27). The van der Waals surface area contributed by atoms with E-state index in [0.29, 0.717) is 0 Å². The Hall–Kier alpha value is -3.08. The van der Waals surface area contributed by atoms with Gasteiger partial charge in [0, 0.05) is 37.1 Å². The lowest BCUT2D eigenvalue weighted by Gasteiger charge is -2.22. The highest BCUT2D eigenvalue weighted by Crippen LogP contribution is 2.25. The number of hydrogen-bond acceptors (Lipinski definition) is 5. The molecule has 0 saturated carbocycles. The van der Waals surface area contributed by atoms with Crippen LogP contribution in [0.2, 0.25) is 0 Å². The van der Waals surface area contributed by atoms with Crippen molar-refractivity contribution in [2.45, 2.75) is 34.2 Å². The van der Waals surface area contributed by atoms with Crippen LogP contribution in [0.3, 0.4) is 0 Å². The summed E-state index contributed by atoms with van der Waals surface area (Å²) in [4.78, 5) is 11.4. The smallest absolute Gasteiger partial charge is 0.136 e. The highest BCUT2D eigenvalue weighted by Gasteiger charge is 2.07. The molecule has 0 fully saturated rings. The molecule has 0 unspecified atom stereocenters. The summed E-state index contributed by atoms with van der Waals surface area (Å²) in [6, 6.07) is 18.8. The molecule has 146 valence electrons. The van der Waals surface area contributed by atoms with E-state index in [1.807, 2.05) is 31.2 Å². The Morgan fingerprint density at radius 3 is 2.25 bits per heavy atom. The Morgan fingerprint density at radius 1 is 0.857 bits per heavy atom. The molecule has 28 heavy (non-hydrogen) atoms. The van der Waals surface area contributed by atoms with Crippen LogP contribution < -0.4 is 15.5 Å². The van der Waals surface area contributed by atoms with Crippen LogP contribution in [0.4, 0.5) is 23.0 Å². The van der Waals surface area contributed by atoms with Crippen LogP contribution in [0.1, 0.15) is 30.8 Å². The molecule has 0 bridgehead atoms. The van der Waals surface area contributed by atoms with Gasteiger partial charge >= 0.3 is 0 Å². The molecule has 0 aliphatic heterocycles. The molecule has 2 N–H and O–H groups in total. The first-order valence-corrected chi connectivity index (χ1v) is 9.85. The van der Waals surface area contributed by atoms with Gasteiger partial charge in [-0.05, 0) is 57.0 Å². The average molecular weight is 376 g/mol. The Kier molecular flexibility index (Phi) is 6.48. The van der Waals surface area contributed by atoms with Gasteiger partial charge in [0.05, 0.1) is 0 Å². The molecule has 5 heteroatoms. The second kappa shape index (κ2) is 9.22. The minimum Gasteiger partial charge on any atom is -0.372 e. The van der Waals surface area contributed by atoms with Crippen LogP contribution in [0.5, 0.6) is 0 Å². The van der Waals surface area contributed by atoms with Gasteiger partial charge in [0.25, 0.3) is 0 Å². The summed E-state index contributed by atoms with van der Waals surface area (Å²) in [5, 5.41) is 6.83. The van der Waals surface area contributed by atoms with E-state index in [-0.39, 0.29) is 0 Å². The zero-order valence-electron chi connectivity index (χ0n) is 17.2. The summed E-state index contributed by atoms with van der Waals surface area (Å²) in [7, 11) is 0. The zero-order chi connectivity index (χ0) is 19.9. The van der Waals surface area contributed by atoms with Gasteiger partial charge in [-0.1, -0.05) is 30.3 Å². The molecule has 5 nitrogen and oxygen atoms in total. The maximum Gasteiger partial charge on any atom is 0.136 e. The van der Waals surface area contributed by atoms with Crippen molar-refractivity contribution in [2.24, 2.45) is 0 Å². The minimum atomic E-state index is 0.730. The highest BCUT2D eigenvalue weighted by molar-refractivity contribution is 5.66. The molecule has 0 aliphatic carbocycles. The average Bonchev–Trinajstić information content (AvgIpc) is 2.70. The van der Waals surface area contributed by atoms with Gasteiger partial charge in [-0.3, -0.25) is 0 Å². The van der Waals surface area contributed by atoms with E-state index < -0.39 is 0 Å². The second-order valence-corrected chi connectivity index (χ2v) is 6.82. The number of rotatable bonds is 8. The van der Waals surface area contributed by atoms with Crippen LogP contribution in [0.25, 0.3) is 0 Å². The fourth-order valence-electron chi connectivity index (χ4n) is 3.22. The molecular weight excluding hydrogens is 346 g/mol. The number of aromatic nitrogens is 2. The van der Waals surface area contributed by atoms with Gasteiger partial charge in [0.15, 0.2) is 0 Å². The van der Waals surface area contributed by atoms with E-state index in [0.717, 1.165) is 42.8 Å². The normalized spacial score (nSPS) is 10.6. The lowest BCUT2D eigenvalue weighted by atomic mass is 10.1. The lowest BCUT2D eigenvalue weighted by molar-refractivity contribution is 0.866. The van der Waals surface area contributed by atoms with Gasteiger partial charge in [-0.2, -0.15) is 0 Å². The summed E-state index contributed by atoms with van der Waals surface area (Å²) in [6.45, 7) is 11.1. The molecule has 3 aromatic rings. The van der Waals surface area contributed by atoms with Crippen molar-refractivity contribution in [2.75, 3.05) is 28.6 Å². The topological polar surface area (TPSA) is 53.1 Å². The van der Waals surface area contributed by atoms with Crippen LogP contribution in [0, 0.1) is 13.8 Å². The maximum absolute atomic E-state index is 4.54. The van der Waals surface area contributed by atoms with Crippen LogP contribution in [0.15, 0.2) is 54.6 Å². The van der Waals surface area contributed by atoms with Crippen molar-refractivity contribution in [1.82, 2.24) is 9.97 Å². The minimum absolute atomic E-state index is 0.730.